The molecule has 1 aromatic carbocycles. The molecule has 0 fully saturated rings. The summed E-state index contributed by atoms with van der Waals surface area (Å²) in [7, 11) is 0. The summed E-state index contributed by atoms with van der Waals surface area (Å²) in [5, 5.41) is 9.94. The Morgan fingerprint density at radius 3 is 2.87 bits per heavy atom. The SMILES string of the molecule is N[C@@H](CCO)c1ccnc2ccccc12. The highest BCUT2D eigenvalue weighted by molar-refractivity contribution is 5.82. The van der Waals surface area contributed by atoms with Gasteiger partial charge in [0.1, 0.15) is 0 Å². The lowest BCUT2D eigenvalue weighted by Gasteiger charge is -2.12. The Morgan fingerprint density at radius 1 is 1.27 bits per heavy atom. The normalized spacial score (nSPS) is 12.9. The third-order valence-electron chi connectivity index (χ3n) is 2.52. The van der Waals surface area contributed by atoms with Crippen LogP contribution in [0.1, 0.15) is 18.0 Å². The first kappa shape index (κ1) is 10.1. The molecule has 0 spiro atoms. The quantitative estimate of drug-likeness (QED) is 0.795. The highest BCUT2D eigenvalue weighted by atomic mass is 16.3. The van der Waals surface area contributed by atoms with Crippen LogP contribution in [0, 0.1) is 0 Å². The van der Waals surface area contributed by atoms with Gasteiger partial charge in [-0.1, -0.05) is 18.2 Å². The second-order valence-corrected chi connectivity index (χ2v) is 3.54. The van der Waals surface area contributed by atoms with Gasteiger partial charge in [-0.25, -0.2) is 0 Å². The fourth-order valence-electron chi connectivity index (χ4n) is 1.74. The first-order valence-corrected chi connectivity index (χ1v) is 5.03. The number of para-hydroxylation sites is 1. The van der Waals surface area contributed by atoms with Crippen molar-refractivity contribution in [1.29, 1.82) is 0 Å². The maximum absolute atomic E-state index is 8.87. The molecule has 0 aliphatic carbocycles. The second-order valence-electron chi connectivity index (χ2n) is 3.54. The van der Waals surface area contributed by atoms with Gasteiger partial charge in [0, 0.05) is 24.2 Å². The number of hydrogen-bond acceptors (Lipinski definition) is 3. The van der Waals surface area contributed by atoms with Crippen LogP contribution in [0.25, 0.3) is 10.9 Å². The Kier molecular flexibility index (Phi) is 2.94. The maximum atomic E-state index is 8.87. The molecule has 3 N–H and O–H groups in total. The average molecular weight is 202 g/mol. The van der Waals surface area contributed by atoms with Crippen molar-refractivity contribution >= 4 is 10.9 Å². The Bertz CT molecular complexity index is 451. The fraction of sp³-hybridized carbons (Fsp3) is 0.250. The molecular formula is C12H14N2O. The van der Waals surface area contributed by atoms with E-state index in [0.29, 0.717) is 6.42 Å². The van der Waals surface area contributed by atoms with Crippen LogP contribution >= 0.6 is 0 Å². The number of aliphatic hydroxyl groups is 1. The van der Waals surface area contributed by atoms with Gasteiger partial charge in [0.05, 0.1) is 5.52 Å². The molecule has 0 saturated heterocycles. The molecule has 3 heteroatoms. The molecule has 3 nitrogen and oxygen atoms in total. The minimum absolute atomic E-state index is 0.109. The van der Waals surface area contributed by atoms with Gasteiger partial charge in [-0.3, -0.25) is 4.98 Å². The maximum Gasteiger partial charge on any atom is 0.0705 e. The molecule has 2 aromatic rings. The minimum Gasteiger partial charge on any atom is -0.396 e. The largest absolute Gasteiger partial charge is 0.396 e. The van der Waals surface area contributed by atoms with Gasteiger partial charge < -0.3 is 10.8 Å². The fourth-order valence-corrected chi connectivity index (χ4v) is 1.74. The molecule has 0 unspecified atom stereocenters. The molecule has 0 aliphatic rings. The highest BCUT2D eigenvalue weighted by Gasteiger charge is 2.08. The minimum atomic E-state index is -0.122. The van der Waals surface area contributed by atoms with Gasteiger partial charge >= 0.3 is 0 Å². The number of benzene rings is 1. The molecule has 78 valence electrons. The van der Waals surface area contributed by atoms with E-state index in [1.165, 1.54) is 0 Å². The highest BCUT2D eigenvalue weighted by Crippen LogP contribution is 2.22. The number of aromatic nitrogens is 1. The summed E-state index contributed by atoms with van der Waals surface area (Å²) in [5.74, 6) is 0. The van der Waals surface area contributed by atoms with Crippen molar-refractivity contribution in [3.63, 3.8) is 0 Å². The standard InChI is InChI=1S/C12H14N2O/c13-11(6-8-15)9-5-7-14-12-4-2-1-3-10(9)12/h1-5,7,11,15H,6,8,13H2/t11-/m0/s1. The van der Waals surface area contributed by atoms with E-state index in [-0.39, 0.29) is 12.6 Å². The molecule has 0 amide bonds. The summed E-state index contributed by atoms with van der Waals surface area (Å²) < 4.78 is 0. The van der Waals surface area contributed by atoms with Crippen LogP contribution in [0.3, 0.4) is 0 Å². The Hall–Kier alpha value is -1.45. The van der Waals surface area contributed by atoms with E-state index in [1.807, 2.05) is 30.3 Å². The first-order chi connectivity index (χ1) is 7.33. The van der Waals surface area contributed by atoms with Crippen LogP contribution in [-0.2, 0) is 0 Å². The second kappa shape index (κ2) is 4.38. The molecule has 1 atom stereocenters. The van der Waals surface area contributed by atoms with Crippen molar-refractivity contribution in [2.75, 3.05) is 6.61 Å². The smallest absolute Gasteiger partial charge is 0.0705 e. The van der Waals surface area contributed by atoms with Gasteiger partial charge in [-0.05, 0) is 24.1 Å². The molecule has 0 saturated carbocycles. The zero-order valence-electron chi connectivity index (χ0n) is 8.43. The molecular weight excluding hydrogens is 188 g/mol. The van der Waals surface area contributed by atoms with E-state index in [4.69, 9.17) is 10.8 Å². The number of nitrogens with zero attached hydrogens (tertiary/aromatic N) is 1. The molecule has 1 aromatic heterocycles. The van der Waals surface area contributed by atoms with Crippen LogP contribution < -0.4 is 5.73 Å². The summed E-state index contributed by atoms with van der Waals surface area (Å²) in [5.41, 5.74) is 7.98. The number of hydrogen-bond donors (Lipinski definition) is 2. The summed E-state index contributed by atoms with van der Waals surface area (Å²) in [6.45, 7) is 0.109. The number of rotatable bonds is 3. The zero-order valence-corrected chi connectivity index (χ0v) is 8.43. The van der Waals surface area contributed by atoms with Crippen molar-refractivity contribution in [2.24, 2.45) is 5.73 Å². The lowest BCUT2D eigenvalue weighted by molar-refractivity contribution is 0.277. The predicted octanol–water partition coefficient (Wildman–Crippen LogP) is 1.62. The first-order valence-electron chi connectivity index (χ1n) is 5.03. The molecule has 0 aliphatic heterocycles. The zero-order chi connectivity index (χ0) is 10.7. The molecule has 0 bridgehead atoms. The van der Waals surface area contributed by atoms with Gasteiger partial charge in [-0.2, -0.15) is 0 Å². The lowest BCUT2D eigenvalue weighted by atomic mass is 10.0. The monoisotopic (exact) mass is 202 g/mol. The van der Waals surface area contributed by atoms with E-state index < -0.39 is 0 Å². The Labute approximate surface area is 88.6 Å². The average Bonchev–Trinajstić information content (AvgIpc) is 2.28. The van der Waals surface area contributed by atoms with Crippen molar-refractivity contribution in [2.45, 2.75) is 12.5 Å². The summed E-state index contributed by atoms with van der Waals surface area (Å²) >= 11 is 0. The number of pyridine rings is 1. The van der Waals surface area contributed by atoms with Gasteiger partial charge in [-0.15, -0.1) is 0 Å². The summed E-state index contributed by atoms with van der Waals surface area (Å²) in [4.78, 5) is 4.27. The van der Waals surface area contributed by atoms with Crippen LogP contribution in [0.5, 0.6) is 0 Å². The summed E-state index contributed by atoms with van der Waals surface area (Å²) in [6, 6.07) is 9.70. The number of fused-ring (bicyclic) bond motifs is 1. The van der Waals surface area contributed by atoms with E-state index in [1.54, 1.807) is 6.20 Å². The van der Waals surface area contributed by atoms with E-state index >= 15 is 0 Å². The topological polar surface area (TPSA) is 59.1 Å². The van der Waals surface area contributed by atoms with E-state index in [9.17, 15) is 0 Å². The van der Waals surface area contributed by atoms with Crippen LogP contribution in [0.4, 0.5) is 0 Å². The van der Waals surface area contributed by atoms with E-state index in [0.717, 1.165) is 16.5 Å². The molecule has 15 heavy (non-hydrogen) atoms. The van der Waals surface area contributed by atoms with Gasteiger partial charge in [0.15, 0.2) is 0 Å². The third-order valence-corrected chi connectivity index (χ3v) is 2.52. The van der Waals surface area contributed by atoms with Crippen LogP contribution in [0.15, 0.2) is 36.5 Å². The Balaban J connectivity index is 2.50. The lowest BCUT2D eigenvalue weighted by Crippen LogP contribution is -2.12. The van der Waals surface area contributed by atoms with Gasteiger partial charge in [0.25, 0.3) is 0 Å². The summed E-state index contributed by atoms with van der Waals surface area (Å²) in [6.07, 6.45) is 2.34. The van der Waals surface area contributed by atoms with Gasteiger partial charge in [0.2, 0.25) is 0 Å². The van der Waals surface area contributed by atoms with Crippen molar-refractivity contribution < 1.29 is 5.11 Å². The van der Waals surface area contributed by atoms with E-state index in [2.05, 4.69) is 4.98 Å². The number of nitrogens with two attached hydrogens (primary N) is 1. The van der Waals surface area contributed by atoms with Crippen molar-refractivity contribution in [1.82, 2.24) is 4.98 Å². The molecule has 1 heterocycles. The van der Waals surface area contributed by atoms with Crippen LogP contribution in [0.2, 0.25) is 0 Å². The molecule has 2 rings (SSSR count). The van der Waals surface area contributed by atoms with Crippen molar-refractivity contribution in [3.8, 4) is 0 Å². The predicted molar refractivity (Wildman–Crippen MR) is 60.4 cm³/mol. The van der Waals surface area contributed by atoms with Crippen molar-refractivity contribution in [3.05, 3.63) is 42.1 Å². The molecule has 0 radical (unpaired) electrons. The Morgan fingerprint density at radius 2 is 2.07 bits per heavy atom. The van der Waals surface area contributed by atoms with Crippen LogP contribution in [-0.4, -0.2) is 16.7 Å². The number of aliphatic hydroxyl groups excluding tert-OH is 1. The third kappa shape index (κ3) is 1.98.